The number of rotatable bonds is 6. The van der Waals surface area contributed by atoms with Gasteiger partial charge in [-0.15, -0.1) is 0 Å². The molecule has 2 rings (SSSR count). The van der Waals surface area contributed by atoms with Crippen molar-refractivity contribution in [3.63, 3.8) is 0 Å². The fraction of sp³-hybridized carbons (Fsp3) is 0.467. The molecule has 148 valence electrons. The molecule has 0 saturated carbocycles. The Hall–Kier alpha value is -2.73. The molecule has 1 aromatic carbocycles. The van der Waals surface area contributed by atoms with Crippen molar-refractivity contribution in [1.29, 1.82) is 0 Å². The van der Waals surface area contributed by atoms with Crippen LogP contribution < -0.4 is 0 Å². The zero-order chi connectivity index (χ0) is 20.2. The number of hydrogen-bond donors (Lipinski definition) is 1. The van der Waals surface area contributed by atoms with Gasteiger partial charge in [-0.3, -0.25) is 15.0 Å². The molecule has 0 spiro atoms. The quantitative estimate of drug-likeness (QED) is 0.417. The van der Waals surface area contributed by atoms with Crippen molar-refractivity contribution in [3.8, 4) is 0 Å². The number of sulfonamides is 1. The zero-order valence-corrected chi connectivity index (χ0v) is 15.6. The van der Waals surface area contributed by atoms with E-state index in [1.165, 1.54) is 42.4 Å². The Bertz CT molecular complexity index is 825. The van der Waals surface area contributed by atoms with E-state index in [0.29, 0.717) is 5.56 Å². The largest absolute Gasteiger partial charge is 0.445 e. The summed E-state index contributed by atoms with van der Waals surface area (Å²) < 4.78 is 28.7. The maximum atomic E-state index is 12.3. The van der Waals surface area contributed by atoms with Crippen LogP contribution in [-0.4, -0.2) is 72.1 Å². The van der Waals surface area contributed by atoms with Crippen LogP contribution in [0.2, 0.25) is 0 Å². The van der Waals surface area contributed by atoms with E-state index < -0.39 is 33.2 Å². The third-order valence-corrected chi connectivity index (χ3v) is 5.00. The number of carbonyl (C=O) groups excluding carboxylic acids is 1. The number of carbonyl (C=O) groups is 1. The van der Waals surface area contributed by atoms with E-state index in [-0.39, 0.29) is 25.3 Å². The normalized spacial score (nSPS) is 20.0. The van der Waals surface area contributed by atoms with Crippen molar-refractivity contribution in [2.45, 2.75) is 25.2 Å². The van der Waals surface area contributed by atoms with E-state index in [1.807, 2.05) is 0 Å². The molecular formula is C15H20N4O7S. The third-order valence-electron chi connectivity index (χ3n) is 3.95. The van der Waals surface area contributed by atoms with Gasteiger partial charge in [0.15, 0.2) is 0 Å². The number of nitrogens with zero attached hydrogens (tertiary/aromatic N) is 4. The lowest BCUT2D eigenvalue weighted by Crippen LogP contribution is -2.37. The Morgan fingerprint density at radius 3 is 2.67 bits per heavy atom. The molecule has 11 nitrogen and oxygen atoms in total. The van der Waals surface area contributed by atoms with E-state index in [4.69, 9.17) is 4.74 Å². The maximum Gasteiger partial charge on any atom is 0.410 e. The lowest BCUT2D eigenvalue weighted by molar-refractivity contribution is -0.384. The lowest BCUT2D eigenvalue weighted by Gasteiger charge is -2.21. The van der Waals surface area contributed by atoms with Gasteiger partial charge in [0.1, 0.15) is 6.61 Å². The van der Waals surface area contributed by atoms with Crippen LogP contribution in [-0.2, 0) is 21.4 Å². The molecule has 2 atom stereocenters. The van der Waals surface area contributed by atoms with Crippen molar-refractivity contribution in [2.75, 3.05) is 19.8 Å². The van der Waals surface area contributed by atoms with Gasteiger partial charge in [0.05, 0.1) is 29.9 Å². The van der Waals surface area contributed by atoms with Crippen LogP contribution in [0.1, 0.15) is 12.0 Å². The van der Waals surface area contributed by atoms with Gasteiger partial charge in [0.2, 0.25) is 10.0 Å². The van der Waals surface area contributed by atoms with Crippen molar-refractivity contribution < 1.29 is 28.0 Å². The minimum atomic E-state index is -3.51. The predicted molar refractivity (Wildman–Crippen MR) is 95.5 cm³/mol. The summed E-state index contributed by atoms with van der Waals surface area (Å²) in [4.78, 5) is 23.6. The molecule has 0 unspecified atom stereocenters. The SMILES string of the molecule is CN(/N=C/[C@@H]1C[C@@H](O)CN1C(=O)OCc1ccc([N+](=O)[O-])cc1)S(C)(=O)=O. The van der Waals surface area contributed by atoms with Crippen LogP contribution in [0.15, 0.2) is 29.4 Å². The monoisotopic (exact) mass is 400 g/mol. The molecule has 1 heterocycles. The average Bonchev–Trinajstić information content (AvgIpc) is 2.97. The number of aliphatic hydroxyl groups is 1. The van der Waals surface area contributed by atoms with Crippen molar-refractivity contribution in [1.82, 2.24) is 9.31 Å². The number of hydrogen-bond acceptors (Lipinski definition) is 8. The van der Waals surface area contributed by atoms with E-state index >= 15 is 0 Å². The third kappa shape index (κ3) is 5.62. The van der Waals surface area contributed by atoms with Crippen molar-refractivity contribution in [2.24, 2.45) is 5.10 Å². The second kappa shape index (κ2) is 8.31. The standard InChI is InChI=1S/C15H20N4O7S/c1-17(27(2,24)25)16-8-13-7-14(20)9-18(13)15(21)26-10-11-3-5-12(6-4-11)19(22)23/h3-6,8,13-14,20H,7,9-10H2,1-2H3/b16-8+/t13-,14+/m0/s1. The minimum absolute atomic E-state index is 0.0262. The average molecular weight is 400 g/mol. The molecule has 1 aromatic rings. The molecule has 0 aliphatic carbocycles. The first-order chi connectivity index (χ1) is 12.6. The van der Waals surface area contributed by atoms with Gasteiger partial charge in [-0.2, -0.15) is 9.52 Å². The summed E-state index contributed by atoms with van der Waals surface area (Å²) in [5.41, 5.74) is 0.495. The highest BCUT2D eigenvalue weighted by atomic mass is 32.2. The number of hydrazone groups is 1. The van der Waals surface area contributed by atoms with Crippen LogP contribution in [0.4, 0.5) is 10.5 Å². The van der Waals surface area contributed by atoms with Gasteiger partial charge < -0.3 is 9.84 Å². The van der Waals surface area contributed by atoms with Crippen molar-refractivity contribution in [3.05, 3.63) is 39.9 Å². The summed E-state index contributed by atoms with van der Waals surface area (Å²) in [7, 11) is -2.25. The first kappa shape index (κ1) is 20.6. The van der Waals surface area contributed by atoms with Gasteiger partial charge in [-0.05, 0) is 17.7 Å². The molecule has 1 aliphatic rings. The highest BCUT2D eigenvalue weighted by molar-refractivity contribution is 7.88. The molecule has 1 amide bonds. The number of amides is 1. The highest BCUT2D eigenvalue weighted by Gasteiger charge is 2.34. The molecule has 0 aromatic heterocycles. The summed E-state index contributed by atoms with van der Waals surface area (Å²) in [6.45, 7) is -0.0745. The minimum Gasteiger partial charge on any atom is -0.445 e. The molecule has 12 heteroatoms. The number of aliphatic hydroxyl groups excluding tert-OH is 1. The number of β-amino-alcohol motifs (C(OH)–C–C–N with tert-alkyl or cyclic N) is 1. The Kier molecular flexibility index (Phi) is 6.33. The molecule has 1 fully saturated rings. The second-order valence-electron chi connectivity index (χ2n) is 6.05. The smallest absolute Gasteiger partial charge is 0.410 e. The highest BCUT2D eigenvalue weighted by Crippen LogP contribution is 2.19. The lowest BCUT2D eigenvalue weighted by atomic mass is 10.2. The van der Waals surface area contributed by atoms with Crippen LogP contribution >= 0.6 is 0 Å². The van der Waals surface area contributed by atoms with Crippen LogP contribution in [0, 0.1) is 10.1 Å². The molecule has 0 bridgehead atoms. The Balaban J connectivity index is 1.98. The van der Waals surface area contributed by atoms with E-state index in [0.717, 1.165) is 10.7 Å². The van der Waals surface area contributed by atoms with Crippen LogP contribution in [0.5, 0.6) is 0 Å². The number of likely N-dealkylation sites (tertiary alicyclic amines) is 1. The van der Waals surface area contributed by atoms with Gasteiger partial charge in [0.25, 0.3) is 5.69 Å². The topological polar surface area (TPSA) is 143 Å². The number of benzene rings is 1. The number of nitro groups is 1. The second-order valence-corrected chi connectivity index (χ2v) is 8.04. The van der Waals surface area contributed by atoms with Gasteiger partial charge in [0, 0.05) is 31.8 Å². The van der Waals surface area contributed by atoms with E-state index in [1.54, 1.807) is 0 Å². The first-order valence-electron chi connectivity index (χ1n) is 7.90. The summed E-state index contributed by atoms with van der Waals surface area (Å²) in [5.74, 6) is 0. The molecule has 27 heavy (non-hydrogen) atoms. The summed E-state index contributed by atoms with van der Waals surface area (Å²) in [6, 6.07) is 4.95. The van der Waals surface area contributed by atoms with Gasteiger partial charge in [-0.1, -0.05) is 0 Å². The van der Waals surface area contributed by atoms with E-state index in [9.17, 15) is 28.4 Å². The Morgan fingerprint density at radius 1 is 1.48 bits per heavy atom. The number of non-ortho nitro benzene ring substituents is 1. The zero-order valence-electron chi connectivity index (χ0n) is 14.8. The Morgan fingerprint density at radius 2 is 2.11 bits per heavy atom. The number of nitro benzene ring substituents is 1. The fourth-order valence-electron chi connectivity index (χ4n) is 2.39. The molecule has 1 N–H and O–H groups in total. The fourth-order valence-corrected chi connectivity index (χ4v) is 2.62. The molecule has 1 saturated heterocycles. The van der Waals surface area contributed by atoms with Crippen molar-refractivity contribution >= 4 is 28.0 Å². The van der Waals surface area contributed by atoms with Crippen LogP contribution in [0.3, 0.4) is 0 Å². The molecule has 1 aliphatic heterocycles. The predicted octanol–water partition coefficient (Wildman–Crippen LogP) is 0.544. The van der Waals surface area contributed by atoms with Gasteiger partial charge in [-0.25, -0.2) is 13.2 Å². The maximum absolute atomic E-state index is 12.3. The summed E-state index contributed by atoms with van der Waals surface area (Å²) in [5, 5.41) is 24.2. The molecular weight excluding hydrogens is 380 g/mol. The number of ether oxygens (including phenoxy) is 1. The first-order valence-corrected chi connectivity index (χ1v) is 9.75. The van der Waals surface area contributed by atoms with Crippen LogP contribution in [0.25, 0.3) is 0 Å². The molecule has 0 radical (unpaired) electrons. The Labute approximate surface area is 156 Å². The summed E-state index contributed by atoms with van der Waals surface area (Å²) in [6.07, 6.45) is 0.975. The summed E-state index contributed by atoms with van der Waals surface area (Å²) >= 11 is 0. The van der Waals surface area contributed by atoms with E-state index in [2.05, 4.69) is 5.10 Å². The van der Waals surface area contributed by atoms with Gasteiger partial charge >= 0.3 is 6.09 Å².